The number of aliphatic carboxylic acids is 1. The minimum atomic E-state index is -0.908. The van der Waals surface area contributed by atoms with Crippen molar-refractivity contribution in [2.24, 2.45) is 5.41 Å². The first-order valence-electron chi connectivity index (χ1n) is 5.81. The molecule has 1 N–H and O–H groups in total. The van der Waals surface area contributed by atoms with E-state index in [2.05, 4.69) is 0 Å². The second-order valence-corrected chi connectivity index (χ2v) is 6.13. The number of likely N-dealkylation sites (tertiary alicyclic amines) is 1. The minimum Gasteiger partial charge on any atom is -0.481 e. The maximum absolute atomic E-state index is 13.2. The number of amides is 1. The van der Waals surface area contributed by atoms with Crippen LogP contribution in [-0.2, 0) is 4.79 Å². The van der Waals surface area contributed by atoms with E-state index in [9.17, 15) is 14.0 Å². The Kier molecular flexibility index (Phi) is 3.80. The molecule has 1 heterocycles. The molecule has 1 unspecified atom stereocenters. The number of halogens is 2. The number of carbonyl (C=O) groups excluding carboxylic acids is 1. The normalized spacial score (nSPS) is 22.6. The number of hydrogen-bond donors (Lipinski definition) is 1. The third-order valence-electron chi connectivity index (χ3n) is 3.44. The van der Waals surface area contributed by atoms with Crippen molar-refractivity contribution in [3.8, 4) is 0 Å². The van der Waals surface area contributed by atoms with E-state index in [4.69, 9.17) is 5.11 Å². The number of carboxylic acids is 1. The summed E-state index contributed by atoms with van der Waals surface area (Å²) in [7, 11) is 0. The predicted molar refractivity (Wildman–Crippen MR) is 75.4 cm³/mol. The number of nitrogens with zero attached hydrogens (tertiary/aromatic N) is 1. The fraction of sp³-hybridized carbons (Fsp3) is 0.385. The van der Waals surface area contributed by atoms with Crippen molar-refractivity contribution in [2.45, 2.75) is 13.3 Å². The van der Waals surface area contributed by atoms with Gasteiger partial charge in [0.25, 0.3) is 5.91 Å². The largest absolute Gasteiger partial charge is 0.481 e. The molecule has 1 atom stereocenters. The van der Waals surface area contributed by atoms with Crippen molar-refractivity contribution >= 4 is 34.5 Å². The van der Waals surface area contributed by atoms with Crippen LogP contribution in [0.3, 0.4) is 0 Å². The summed E-state index contributed by atoms with van der Waals surface area (Å²) >= 11 is 1.97. The summed E-state index contributed by atoms with van der Waals surface area (Å²) in [5, 5.41) is 9.14. The summed E-state index contributed by atoms with van der Waals surface area (Å²) in [4.78, 5) is 24.9. The van der Waals surface area contributed by atoms with Crippen molar-refractivity contribution in [3.05, 3.63) is 33.1 Å². The number of benzene rings is 1. The summed E-state index contributed by atoms with van der Waals surface area (Å²) in [6, 6.07) is 4.03. The molecule has 1 aliphatic rings. The molecule has 4 nitrogen and oxygen atoms in total. The third-order valence-corrected chi connectivity index (χ3v) is 4.38. The van der Waals surface area contributed by atoms with Gasteiger partial charge in [-0.15, -0.1) is 0 Å². The fourth-order valence-electron chi connectivity index (χ4n) is 2.14. The van der Waals surface area contributed by atoms with E-state index < -0.39 is 17.2 Å². The van der Waals surface area contributed by atoms with Gasteiger partial charge in [-0.1, -0.05) is 0 Å². The van der Waals surface area contributed by atoms with E-state index in [-0.39, 0.29) is 18.0 Å². The van der Waals surface area contributed by atoms with Crippen LogP contribution >= 0.6 is 22.6 Å². The molecule has 1 saturated heterocycles. The Morgan fingerprint density at radius 2 is 2.16 bits per heavy atom. The lowest BCUT2D eigenvalue weighted by molar-refractivity contribution is -0.147. The van der Waals surface area contributed by atoms with Crippen LogP contribution in [0.2, 0.25) is 0 Å². The zero-order chi connectivity index (χ0) is 14.2. The highest BCUT2D eigenvalue weighted by Gasteiger charge is 2.42. The van der Waals surface area contributed by atoms with Crippen molar-refractivity contribution in [3.63, 3.8) is 0 Å². The van der Waals surface area contributed by atoms with Crippen LogP contribution in [0.25, 0.3) is 0 Å². The molecule has 102 valence electrons. The number of rotatable bonds is 2. The molecule has 2 rings (SSSR count). The Morgan fingerprint density at radius 1 is 1.47 bits per heavy atom. The van der Waals surface area contributed by atoms with Gasteiger partial charge in [0.2, 0.25) is 0 Å². The summed E-state index contributed by atoms with van der Waals surface area (Å²) in [5.74, 6) is -1.69. The second kappa shape index (κ2) is 5.07. The van der Waals surface area contributed by atoms with E-state index in [0.29, 0.717) is 16.5 Å². The lowest BCUT2D eigenvalue weighted by Gasteiger charge is -2.20. The number of hydrogen-bond acceptors (Lipinski definition) is 2. The van der Waals surface area contributed by atoms with E-state index in [1.807, 2.05) is 22.6 Å². The van der Waals surface area contributed by atoms with Crippen molar-refractivity contribution < 1.29 is 19.1 Å². The first-order chi connectivity index (χ1) is 8.83. The van der Waals surface area contributed by atoms with Crippen LogP contribution in [0.5, 0.6) is 0 Å². The van der Waals surface area contributed by atoms with Gasteiger partial charge in [-0.2, -0.15) is 0 Å². The van der Waals surface area contributed by atoms with Crippen LogP contribution in [0.1, 0.15) is 23.7 Å². The summed E-state index contributed by atoms with van der Waals surface area (Å²) in [6.07, 6.45) is 0.417. The fourth-order valence-corrected chi connectivity index (χ4v) is 2.71. The summed E-state index contributed by atoms with van der Waals surface area (Å²) in [5.41, 5.74) is -0.621. The zero-order valence-corrected chi connectivity index (χ0v) is 12.5. The van der Waals surface area contributed by atoms with Crippen molar-refractivity contribution in [1.82, 2.24) is 4.90 Å². The molecule has 1 aromatic rings. The van der Waals surface area contributed by atoms with Gasteiger partial charge in [0, 0.05) is 16.7 Å². The monoisotopic (exact) mass is 377 g/mol. The summed E-state index contributed by atoms with van der Waals surface area (Å²) in [6.45, 7) is 2.17. The second-order valence-electron chi connectivity index (χ2n) is 4.97. The molecule has 0 saturated carbocycles. The SMILES string of the molecule is CC1(C(=O)O)CCN(C(=O)c2cc(F)ccc2I)C1. The molecular formula is C13H13FINO3. The molecule has 0 bridgehead atoms. The predicted octanol–water partition coefficient (Wildman–Crippen LogP) is 2.37. The standard InChI is InChI=1S/C13H13FINO3/c1-13(12(18)19)4-5-16(7-13)11(17)9-6-8(14)2-3-10(9)15/h2-3,6H,4-5,7H2,1H3,(H,18,19). The van der Waals surface area contributed by atoms with E-state index >= 15 is 0 Å². The smallest absolute Gasteiger partial charge is 0.311 e. The van der Waals surface area contributed by atoms with Crippen LogP contribution in [-0.4, -0.2) is 35.0 Å². The topological polar surface area (TPSA) is 57.6 Å². The zero-order valence-electron chi connectivity index (χ0n) is 10.3. The molecular weight excluding hydrogens is 364 g/mol. The molecule has 0 spiro atoms. The molecule has 1 aliphatic heterocycles. The molecule has 6 heteroatoms. The molecule has 0 radical (unpaired) electrons. The maximum atomic E-state index is 13.2. The number of carbonyl (C=O) groups is 2. The van der Waals surface area contributed by atoms with Crippen LogP contribution in [0.15, 0.2) is 18.2 Å². The van der Waals surface area contributed by atoms with Gasteiger partial charge >= 0.3 is 5.97 Å². The van der Waals surface area contributed by atoms with E-state index in [0.717, 1.165) is 0 Å². The van der Waals surface area contributed by atoms with Gasteiger partial charge in [0.15, 0.2) is 0 Å². The first-order valence-corrected chi connectivity index (χ1v) is 6.89. The minimum absolute atomic E-state index is 0.160. The Hall–Kier alpha value is -1.18. The van der Waals surface area contributed by atoms with Crippen LogP contribution < -0.4 is 0 Å². The number of carboxylic acid groups (broad SMARTS) is 1. The Morgan fingerprint density at radius 3 is 2.74 bits per heavy atom. The Labute approximate surface area is 123 Å². The lowest BCUT2D eigenvalue weighted by Crippen LogP contribution is -2.35. The highest BCUT2D eigenvalue weighted by atomic mass is 127. The third kappa shape index (κ3) is 2.72. The molecule has 1 amide bonds. The van der Waals surface area contributed by atoms with Gasteiger partial charge in [-0.05, 0) is 54.1 Å². The molecule has 1 fully saturated rings. The first kappa shape index (κ1) is 14.2. The maximum Gasteiger partial charge on any atom is 0.311 e. The Balaban J connectivity index is 2.22. The van der Waals surface area contributed by atoms with E-state index in [1.54, 1.807) is 6.92 Å². The molecule has 0 aliphatic carbocycles. The average molecular weight is 377 g/mol. The molecule has 19 heavy (non-hydrogen) atoms. The van der Waals surface area contributed by atoms with Gasteiger partial charge in [-0.3, -0.25) is 9.59 Å². The van der Waals surface area contributed by atoms with Crippen molar-refractivity contribution in [2.75, 3.05) is 13.1 Å². The highest BCUT2D eigenvalue weighted by Crippen LogP contribution is 2.31. The van der Waals surface area contributed by atoms with Crippen molar-refractivity contribution in [1.29, 1.82) is 0 Å². The van der Waals surface area contributed by atoms with Gasteiger partial charge in [0.1, 0.15) is 5.82 Å². The summed E-state index contributed by atoms with van der Waals surface area (Å²) < 4.78 is 13.9. The van der Waals surface area contributed by atoms with Crippen LogP contribution in [0.4, 0.5) is 4.39 Å². The molecule has 1 aromatic carbocycles. The van der Waals surface area contributed by atoms with Gasteiger partial charge in [-0.25, -0.2) is 4.39 Å². The molecule has 0 aromatic heterocycles. The average Bonchev–Trinajstić information content (AvgIpc) is 2.76. The highest BCUT2D eigenvalue weighted by molar-refractivity contribution is 14.1. The van der Waals surface area contributed by atoms with Gasteiger partial charge in [0.05, 0.1) is 11.0 Å². The Bertz CT molecular complexity index is 549. The lowest BCUT2D eigenvalue weighted by atomic mass is 9.90. The van der Waals surface area contributed by atoms with Gasteiger partial charge < -0.3 is 10.0 Å². The van der Waals surface area contributed by atoms with E-state index in [1.165, 1.54) is 23.1 Å². The quantitative estimate of drug-likeness (QED) is 0.806. The van der Waals surface area contributed by atoms with Crippen LogP contribution in [0, 0.1) is 14.8 Å².